The highest BCUT2D eigenvalue weighted by atomic mass is 32.1. The van der Waals surface area contributed by atoms with Crippen LogP contribution >= 0.6 is 11.3 Å². The molecule has 2 aromatic rings. The van der Waals surface area contributed by atoms with Crippen molar-refractivity contribution in [1.82, 2.24) is 9.55 Å². The number of nitrogens with zero attached hydrogens (tertiary/aromatic N) is 2. The van der Waals surface area contributed by atoms with Gasteiger partial charge >= 0.3 is 5.97 Å². The molecule has 0 saturated heterocycles. The van der Waals surface area contributed by atoms with E-state index in [0.717, 1.165) is 29.7 Å². The monoisotopic (exact) mass is 362 g/mol. The molecule has 136 valence electrons. The normalized spacial score (nSPS) is 18.8. The van der Waals surface area contributed by atoms with Crippen molar-refractivity contribution in [2.75, 3.05) is 6.61 Å². The number of ether oxygens (including phenoxy) is 1. The van der Waals surface area contributed by atoms with Crippen molar-refractivity contribution in [2.45, 2.75) is 59.9 Å². The maximum Gasteiger partial charge on any atom is 0.328 e. The molecule has 0 fully saturated rings. The quantitative estimate of drug-likeness (QED) is 0.781. The average Bonchev–Trinajstić information content (AvgIpc) is 2.92. The first-order chi connectivity index (χ1) is 11.7. The zero-order valence-corrected chi connectivity index (χ0v) is 16.4. The third-order valence-electron chi connectivity index (χ3n) is 5.26. The van der Waals surface area contributed by atoms with Crippen molar-refractivity contribution in [2.24, 2.45) is 11.3 Å². The fourth-order valence-corrected chi connectivity index (χ4v) is 4.83. The second-order valence-electron chi connectivity index (χ2n) is 7.87. The number of aromatic nitrogens is 2. The van der Waals surface area contributed by atoms with Gasteiger partial charge in [0.25, 0.3) is 5.56 Å². The van der Waals surface area contributed by atoms with E-state index in [4.69, 9.17) is 4.74 Å². The van der Waals surface area contributed by atoms with Gasteiger partial charge in [-0.1, -0.05) is 20.8 Å². The van der Waals surface area contributed by atoms with Crippen LogP contribution in [0.1, 0.15) is 57.5 Å². The molecule has 0 unspecified atom stereocenters. The molecule has 2 heterocycles. The Hall–Kier alpha value is -1.69. The summed E-state index contributed by atoms with van der Waals surface area (Å²) in [5, 5.41) is 0.700. The molecule has 0 amide bonds. The molecular weight excluding hydrogens is 336 g/mol. The van der Waals surface area contributed by atoms with Gasteiger partial charge in [-0.2, -0.15) is 0 Å². The predicted octanol–water partition coefficient (Wildman–Crippen LogP) is 3.73. The summed E-state index contributed by atoms with van der Waals surface area (Å²) in [7, 11) is 0. The molecule has 0 bridgehead atoms. The summed E-state index contributed by atoms with van der Waals surface area (Å²) in [6, 6.07) is -0.661. The van der Waals surface area contributed by atoms with Crippen molar-refractivity contribution in [3.63, 3.8) is 0 Å². The number of thiophene rings is 1. The van der Waals surface area contributed by atoms with Gasteiger partial charge in [0.05, 0.1) is 18.3 Å². The number of fused-ring (bicyclic) bond motifs is 3. The van der Waals surface area contributed by atoms with Crippen molar-refractivity contribution in [3.8, 4) is 0 Å². The van der Waals surface area contributed by atoms with Crippen LogP contribution in [0.3, 0.4) is 0 Å². The minimum atomic E-state index is -0.661. The van der Waals surface area contributed by atoms with Gasteiger partial charge in [-0.25, -0.2) is 9.78 Å². The highest BCUT2D eigenvalue weighted by Crippen LogP contribution is 2.41. The van der Waals surface area contributed by atoms with Gasteiger partial charge < -0.3 is 4.74 Å². The van der Waals surface area contributed by atoms with Gasteiger partial charge in [0.1, 0.15) is 10.9 Å². The first kappa shape index (κ1) is 18.1. The Kier molecular flexibility index (Phi) is 4.75. The number of rotatable bonds is 3. The number of aryl methyl sites for hydroxylation is 1. The molecule has 2 aromatic heterocycles. The Morgan fingerprint density at radius 2 is 2.20 bits per heavy atom. The van der Waals surface area contributed by atoms with E-state index in [9.17, 15) is 9.59 Å². The Balaban J connectivity index is 2.04. The third-order valence-corrected chi connectivity index (χ3v) is 6.43. The zero-order chi connectivity index (χ0) is 18.4. The van der Waals surface area contributed by atoms with Crippen LogP contribution in [0, 0.1) is 11.3 Å². The molecule has 1 aliphatic rings. The van der Waals surface area contributed by atoms with E-state index in [1.807, 2.05) is 0 Å². The van der Waals surface area contributed by atoms with Crippen molar-refractivity contribution in [1.29, 1.82) is 0 Å². The smallest absolute Gasteiger partial charge is 0.328 e. The molecule has 0 saturated carbocycles. The Bertz CT molecular complexity index is 860. The van der Waals surface area contributed by atoms with E-state index < -0.39 is 12.0 Å². The molecule has 0 aromatic carbocycles. The Morgan fingerprint density at radius 1 is 1.48 bits per heavy atom. The second kappa shape index (κ2) is 6.56. The largest absolute Gasteiger partial charge is 0.464 e. The predicted molar refractivity (Wildman–Crippen MR) is 100 cm³/mol. The number of carbonyl (C=O) groups excluding carboxylic acids is 1. The summed E-state index contributed by atoms with van der Waals surface area (Å²) in [5.41, 5.74) is 1.28. The van der Waals surface area contributed by atoms with Gasteiger partial charge in [-0.05, 0) is 50.0 Å². The first-order valence-corrected chi connectivity index (χ1v) is 9.73. The van der Waals surface area contributed by atoms with Crippen LogP contribution in [-0.4, -0.2) is 22.1 Å². The van der Waals surface area contributed by atoms with E-state index >= 15 is 0 Å². The standard InChI is InChI=1S/C19H26N2O3S/c1-6-24-18(23)11(2)21-10-20-16-15(17(21)22)13-8-7-12(19(3,4)5)9-14(13)25-16/h10-12H,6-9H2,1-5H3/t11-,12+/m1/s1. The van der Waals surface area contributed by atoms with E-state index in [1.54, 1.807) is 25.2 Å². The van der Waals surface area contributed by atoms with Crippen LogP contribution in [0.5, 0.6) is 0 Å². The maximum atomic E-state index is 13.0. The fourth-order valence-electron chi connectivity index (χ4n) is 3.57. The van der Waals surface area contributed by atoms with Crippen LogP contribution in [0.15, 0.2) is 11.1 Å². The van der Waals surface area contributed by atoms with Crippen LogP contribution in [-0.2, 0) is 22.4 Å². The van der Waals surface area contributed by atoms with Crippen molar-refractivity contribution >= 4 is 27.5 Å². The molecule has 0 aliphatic heterocycles. The molecular formula is C19H26N2O3S. The number of esters is 1. The summed E-state index contributed by atoms with van der Waals surface area (Å²) < 4.78 is 6.45. The van der Waals surface area contributed by atoms with Gasteiger partial charge in [0.15, 0.2) is 0 Å². The first-order valence-electron chi connectivity index (χ1n) is 8.92. The summed E-state index contributed by atoms with van der Waals surface area (Å²) in [6.07, 6.45) is 4.48. The molecule has 5 nitrogen and oxygen atoms in total. The Labute approximate surface area is 152 Å². The fraction of sp³-hybridized carbons (Fsp3) is 0.632. The van der Waals surface area contributed by atoms with Crippen LogP contribution < -0.4 is 5.56 Å². The molecule has 6 heteroatoms. The summed E-state index contributed by atoms with van der Waals surface area (Å²) in [5.74, 6) is 0.219. The molecule has 1 aliphatic carbocycles. The minimum Gasteiger partial charge on any atom is -0.464 e. The van der Waals surface area contributed by atoms with E-state index in [1.165, 1.54) is 15.8 Å². The molecule has 3 rings (SSSR count). The van der Waals surface area contributed by atoms with Crippen LogP contribution in [0.4, 0.5) is 0 Å². The summed E-state index contributed by atoms with van der Waals surface area (Å²) in [6.45, 7) is 10.6. The molecule has 0 N–H and O–H groups in total. The molecule has 25 heavy (non-hydrogen) atoms. The number of carbonyl (C=O) groups is 1. The highest BCUT2D eigenvalue weighted by Gasteiger charge is 2.32. The lowest BCUT2D eigenvalue weighted by atomic mass is 9.72. The maximum absolute atomic E-state index is 13.0. The van der Waals surface area contributed by atoms with E-state index in [-0.39, 0.29) is 11.0 Å². The Morgan fingerprint density at radius 3 is 2.84 bits per heavy atom. The molecule has 0 spiro atoms. The van der Waals surface area contributed by atoms with Crippen LogP contribution in [0.25, 0.3) is 10.2 Å². The van der Waals surface area contributed by atoms with E-state index in [2.05, 4.69) is 25.8 Å². The van der Waals surface area contributed by atoms with Crippen molar-refractivity contribution < 1.29 is 9.53 Å². The lowest BCUT2D eigenvalue weighted by Gasteiger charge is -2.33. The van der Waals surface area contributed by atoms with E-state index in [0.29, 0.717) is 17.9 Å². The lowest BCUT2D eigenvalue weighted by molar-refractivity contribution is -0.146. The number of hydrogen-bond donors (Lipinski definition) is 0. The number of hydrogen-bond acceptors (Lipinski definition) is 5. The summed E-state index contributed by atoms with van der Waals surface area (Å²) in [4.78, 5) is 31.6. The topological polar surface area (TPSA) is 61.2 Å². The lowest BCUT2D eigenvalue weighted by Crippen LogP contribution is -2.30. The molecule has 0 radical (unpaired) electrons. The molecule has 2 atom stereocenters. The third kappa shape index (κ3) is 3.24. The minimum absolute atomic E-state index is 0.128. The van der Waals surface area contributed by atoms with Gasteiger partial charge in [0, 0.05) is 4.88 Å². The average molecular weight is 362 g/mol. The zero-order valence-electron chi connectivity index (χ0n) is 15.6. The summed E-state index contributed by atoms with van der Waals surface area (Å²) >= 11 is 1.63. The second-order valence-corrected chi connectivity index (χ2v) is 8.96. The SMILES string of the molecule is CCOC(=O)[C@@H](C)n1cnc2sc3c(c2c1=O)CC[C@H](C(C)(C)C)C3. The van der Waals surface area contributed by atoms with Crippen molar-refractivity contribution in [3.05, 3.63) is 27.1 Å². The highest BCUT2D eigenvalue weighted by molar-refractivity contribution is 7.18. The van der Waals surface area contributed by atoms with Gasteiger partial charge in [-0.3, -0.25) is 9.36 Å². The van der Waals surface area contributed by atoms with Crippen LogP contribution in [0.2, 0.25) is 0 Å². The van der Waals surface area contributed by atoms with Gasteiger partial charge in [-0.15, -0.1) is 11.3 Å². The van der Waals surface area contributed by atoms with Gasteiger partial charge in [0.2, 0.25) is 0 Å².